The zero-order valence-corrected chi connectivity index (χ0v) is 16.7. The van der Waals surface area contributed by atoms with Gasteiger partial charge in [-0.2, -0.15) is 0 Å². The maximum Gasteiger partial charge on any atom is 0.281 e. The Morgan fingerprint density at radius 2 is 1.72 bits per heavy atom. The molecule has 0 atom stereocenters. The molecule has 148 valence electrons. The van der Waals surface area contributed by atoms with E-state index < -0.39 is 0 Å². The minimum absolute atomic E-state index is 0.150. The maximum atomic E-state index is 13.2. The van der Waals surface area contributed by atoms with Crippen molar-refractivity contribution in [2.45, 2.75) is 6.92 Å². The van der Waals surface area contributed by atoms with Crippen LogP contribution in [0.5, 0.6) is 11.5 Å². The van der Waals surface area contributed by atoms with Crippen LogP contribution in [0, 0.1) is 6.92 Å². The zero-order valence-electron chi connectivity index (χ0n) is 16.7. The number of oxazole rings is 1. The summed E-state index contributed by atoms with van der Waals surface area (Å²) in [6, 6.07) is 14.9. The van der Waals surface area contributed by atoms with Gasteiger partial charge in [0.15, 0.2) is 11.5 Å². The van der Waals surface area contributed by atoms with Crippen molar-refractivity contribution >= 4 is 0 Å². The van der Waals surface area contributed by atoms with Crippen molar-refractivity contribution in [2.24, 2.45) is 7.05 Å². The third-order valence-corrected chi connectivity index (χ3v) is 4.95. The third-order valence-electron chi connectivity index (χ3n) is 4.95. The molecule has 2 heterocycles. The predicted molar refractivity (Wildman–Crippen MR) is 110 cm³/mol. The van der Waals surface area contributed by atoms with Gasteiger partial charge in [-0.15, -0.1) is 0 Å². The fraction of sp³-hybridized carbons (Fsp3) is 0.182. The lowest BCUT2D eigenvalue weighted by Gasteiger charge is -2.07. The molecule has 0 bridgehead atoms. The van der Waals surface area contributed by atoms with Gasteiger partial charge in [-0.1, -0.05) is 18.2 Å². The van der Waals surface area contributed by atoms with Gasteiger partial charge in [-0.3, -0.25) is 9.48 Å². The highest BCUT2D eigenvalue weighted by Crippen LogP contribution is 2.33. The first-order chi connectivity index (χ1) is 14.0. The Kier molecular flexibility index (Phi) is 4.72. The first-order valence-corrected chi connectivity index (χ1v) is 9.07. The number of benzene rings is 2. The van der Waals surface area contributed by atoms with E-state index in [1.165, 1.54) is 6.26 Å². The molecule has 0 aliphatic rings. The largest absolute Gasteiger partial charge is 0.493 e. The molecule has 4 aromatic rings. The van der Waals surface area contributed by atoms with Gasteiger partial charge in [-0.25, -0.2) is 9.67 Å². The van der Waals surface area contributed by atoms with Crippen LogP contribution in [-0.2, 0) is 7.05 Å². The van der Waals surface area contributed by atoms with Crippen molar-refractivity contribution in [3.05, 3.63) is 70.8 Å². The van der Waals surface area contributed by atoms with Crippen LogP contribution in [0.15, 0.2) is 64.0 Å². The van der Waals surface area contributed by atoms with Gasteiger partial charge in [-0.05, 0) is 37.3 Å². The van der Waals surface area contributed by atoms with Crippen LogP contribution in [0.25, 0.3) is 28.4 Å². The molecule has 0 saturated carbocycles. The van der Waals surface area contributed by atoms with Crippen LogP contribution in [0.2, 0.25) is 0 Å². The van der Waals surface area contributed by atoms with Gasteiger partial charge in [0.05, 0.1) is 25.5 Å². The summed E-state index contributed by atoms with van der Waals surface area (Å²) in [5.74, 6) is 1.59. The summed E-state index contributed by atoms with van der Waals surface area (Å²) in [6.07, 6.45) is 1.51. The summed E-state index contributed by atoms with van der Waals surface area (Å²) in [4.78, 5) is 17.7. The lowest BCUT2D eigenvalue weighted by Crippen LogP contribution is -2.20. The maximum absolute atomic E-state index is 13.2. The number of hydrogen-bond acceptors (Lipinski definition) is 5. The van der Waals surface area contributed by atoms with Crippen LogP contribution in [0.4, 0.5) is 0 Å². The van der Waals surface area contributed by atoms with E-state index in [-0.39, 0.29) is 5.56 Å². The second-order valence-electron chi connectivity index (χ2n) is 6.54. The Bertz CT molecular complexity index is 1220. The van der Waals surface area contributed by atoms with Crippen molar-refractivity contribution in [3.63, 3.8) is 0 Å². The van der Waals surface area contributed by atoms with E-state index in [0.29, 0.717) is 28.6 Å². The number of methoxy groups -OCH3 is 2. The van der Waals surface area contributed by atoms with Gasteiger partial charge in [0, 0.05) is 18.3 Å². The molecule has 0 aliphatic heterocycles. The summed E-state index contributed by atoms with van der Waals surface area (Å²) in [5.41, 5.74) is 3.16. The minimum atomic E-state index is -0.150. The lowest BCUT2D eigenvalue weighted by atomic mass is 10.2. The highest BCUT2D eigenvalue weighted by atomic mass is 16.5. The van der Waals surface area contributed by atoms with Crippen molar-refractivity contribution in [1.29, 1.82) is 0 Å². The molecule has 0 amide bonds. The molecule has 4 rings (SSSR count). The van der Waals surface area contributed by atoms with E-state index in [1.807, 2.05) is 55.1 Å². The van der Waals surface area contributed by atoms with E-state index in [9.17, 15) is 4.79 Å². The number of hydrogen-bond donors (Lipinski definition) is 0. The Labute approximate surface area is 167 Å². The quantitative estimate of drug-likeness (QED) is 0.517. The van der Waals surface area contributed by atoms with E-state index in [4.69, 9.17) is 13.9 Å². The fourth-order valence-electron chi connectivity index (χ4n) is 3.35. The standard InChI is InChI=1S/C22H21N3O4/c1-14-20(22(26)25(24(14)2)16-8-6-5-7-9-16)17-13-29-21(23-17)15-10-11-18(27-3)19(12-15)28-4/h5-13H,1-4H3. The Hall–Kier alpha value is -3.74. The van der Waals surface area contributed by atoms with Gasteiger partial charge >= 0.3 is 0 Å². The number of nitrogens with zero attached hydrogens (tertiary/aromatic N) is 3. The van der Waals surface area contributed by atoms with Crippen LogP contribution in [0.1, 0.15) is 5.69 Å². The molecule has 0 saturated heterocycles. The van der Waals surface area contributed by atoms with E-state index in [1.54, 1.807) is 31.0 Å². The molecule has 2 aromatic heterocycles. The first-order valence-electron chi connectivity index (χ1n) is 9.07. The van der Waals surface area contributed by atoms with Crippen molar-refractivity contribution in [2.75, 3.05) is 14.2 Å². The second kappa shape index (κ2) is 7.35. The molecule has 0 radical (unpaired) electrons. The Morgan fingerprint density at radius 1 is 1.00 bits per heavy atom. The predicted octanol–water partition coefficient (Wildman–Crippen LogP) is 3.82. The summed E-state index contributed by atoms with van der Waals surface area (Å²) in [7, 11) is 5.00. The molecule has 0 spiro atoms. The molecule has 7 nitrogen and oxygen atoms in total. The monoisotopic (exact) mass is 391 g/mol. The molecule has 0 fully saturated rings. The second-order valence-corrected chi connectivity index (χ2v) is 6.54. The van der Waals surface area contributed by atoms with Crippen LogP contribution in [-0.4, -0.2) is 28.6 Å². The minimum Gasteiger partial charge on any atom is -0.493 e. The van der Waals surface area contributed by atoms with Crippen molar-refractivity contribution in [1.82, 2.24) is 14.3 Å². The summed E-state index contributed by atoms with van der Waals surface area (Å²) < 4.78 is 19.7. The van der Waals surface area contributed by atoms with Crippen molar-refractivity contribution < 1.29 is 13.9 Å². The number of aromatic nitrogens is 3. The Morgan fingerprint density at radius 3 is 2.41 bits per heavy atom. The van der Waals surface area contributed by atoms with Crippen molar-refractivity contribution in [3.8, 4) is 39.9 Å². The zero-order chi connectivity index (χ0) is 20.5. The first kappa shape index (κ1) is 18.6. The van der Waals surface area contributed by atoms with E-state index in [2.05, 4.69) is 4.98 Å². The summed E-state index contributed by atoms with van der Waals surface area (Å²) >= 11 is 0. The SMILES string of the molecule is COc1ccc(-c2nc(-c3c(C)n(C)n(-c4ccccc4)c3=O)co2)cc1OC. The molecule has 0 N–H and O–H groups in total. The molecule has 29 heavy (non-hydrogen) atoms. The molecule has 2 aromatic carbocycles. The molecular weight excluding hydrogens is 370 g/mol. The fourth-order valence-corrected chi connectivity index (χ4v) is 3.35. The molecule has 0 unspecified atom stereocenters. The van der Waals surface area contributed by atoms with Gasteiger partial charge < -0.3 is 13.9 Å². The average molecular weight is 391 g/mol. The Balaban J connectivity index is 1.79. The van der Waals surface area contributed by atoms with Crippen LogP contribution < -0.4 is 15.0 Å². The number of para-hydroxylation sites is 1. The highest BCUT2D eigenvalue weighted by Gasteiger charge is 2.21. The molecular formula is C22H21N3O4. The highest BCUT2D eigenvalue weighted by molar-refractivity contribution is 5.66. The number of ether oxygens (including phenoxy) is 2. The van der Waals surface area contributed by atoms with Crippen LogP contribution in [0.3, 0.4) is 0 Å². The third kappa shape index (κ3) is 3.10. The van der Waals surface area contributed by atoms with E-state index >= 15 is 0 Å². The smallest absolute Gasteiger partial charge is 0.281 e. The average Bonchev–Trinajstić information content (AvgIpc) is 3.31. The van der Waals surface area contributed by atoms with Crippen LogP contribution >= 0.6 is 0 Å². The normalized spacial score (nSPS) is 10.9. The topological polar surface area (TPSA) is 71.4 Å². The molecule has 7 heteroatoms. The molecule has 0 aliphatic carbocycles. The number of rotatable bonds is 5. The summed E-state index contributed by atoms with van der Waals surface area (Å²) in [6.45, 7) is 1.89. The van der Waals surface area contributed by atoms with Gasteiger partial charge in [0.2, 0.25) is 5.89 Å². The summed E-state index contributed by atoms with van der Waals surface area (Å²) in [5, 5.41) is 0. The lowest BCUT2D eigenvalue weighted by molar-refractivity contribution is 0.355. The van der Waals surface area contributed by atoms with Gasteiger partial charge in [0.1, 0.15) is 12.0 Å². The van der Waals surface area contributed by atoms with E-state index in [0.717, 1.165) is 16.9 Å². The van der Waals surface area contributed by atoms with Gasteiger partial charge in [0.25, 0.3) is 5.56 Å².